The lowest BCUT2D eigenvalue weighted by atomic mass is 10.1. The summed E-state index contributed by atoms with van der Waals surface area (Å²) in [5, 5.41) is 0. The highest BCUT2D eigenvalue weighted by Crippen LogP contribution is 2.53. The van der Waals surface area contributed by atoms with Gasteiger partial charge in [0.1, 0.15) is 0 Å². The van der Waals surface area contributed by atoms with Gasteiger partial charge in [0.15, 0.2) is 17.5 Å². The van der Waals surface area contributed by atoms with E-state index in [1.165, 1.54) is 42.3 Å². The summed E-state index contributed by atoms with van der Waals surface area (Å²) in [6.07, 6.45) is 0. The molecule has 0 saturated carbocycles. The molecule has 0 N–H and O–H groups in total. The van der Waals surface area contributed by atoms with Crippen LogP contribution in [0.2, 0.25) is 0 Å². The van der Waals surface area contributed by atoms with Crippen LogP contribution in [0.3, 0.4) is 0 Å². The van der Waals surface area contributed by atoms with Crippen molar-refractivity contribution in [2.24, 2.45) is 0 Å². The Morgan fingerprint density at radius 2 is 0.554 bits per heavy atom. The summed E-state index contributed by atoms with van der Waals surface area (Å²) < 4.78 is 0. The van der Waals surface area contributed by atoms with Gasteiger partial charge in [0.25, 0.3) is 0 Å². The van der Waals surface area contributed by atoms with Gasteiger partial charge in [-0.3, -0.25) is 0 Å². The lowest BCUT2D eigenvalue weighted by Gasteiger charge is -2.34. The highest BCUT2D eigenvalue weighted by molar-refractivity contribution is 8.00. The fraction of sp³-hybridized carbons (Fsp3) is 0. The van der Waals surface area contributed by atoms with Gasteiger partial charge in [0.2, 0.25) is 0 Å². The second-order valence-corrected chi connectivity index (χ2v) is 17.9. The maximum Gasteiger partial charge on any atom is 0.164 e. The van der Waals surface area contributed by atoms with Gasteiger partial charge in [-0.2, -0.15) is 0 Å². The molecule has 0 bridgehead atoms. The van der Waals surface area contributed by atoms with E-state index in [2.05, 4.69) is 185 Å². The minimum absolute atomic E-state index is 0.616. The fourth-order valence-corrected chi connectivity index (χ4v) is 10.7. The number of rotatable bonds is 8. The fourth-order valence-electron chi connectivity index (χ4n) is 8.61. The van der Waals surface area contributed by atoms with Crippen molar-refractivity contribution in [3.05, 3.63) is 231 Å². The van der Waals surface area contributed by atoms with E-state index < -0.39 is 0 Å². The predicted octanol–water partition coefficient (Wildman–Crippen LogP) is 16.2. The number of aromatic nitrogens is 3. The first-order valence-corrected chi connectivity index (χ1v) is 23.1. The minimum Gasteiger partial charge on any atom is -0.311 e. The number of para-hydroxylation sites is 4. The molecule has 12 rings (SSSR count). The van der Waals surface area contributed by atoms with Crippen LogP contribution in [0.4, 0.5) is 51.2 Å². The van der Waals surface area contributed by atoms with Crippen LogP contribution in [0.15, 0.2) is 250 Å². The molecule has 0 saturated heterocycles. The van der Waals surface area contributed by atoms with E-state index in [1.54, 1.807) is 0 Å². The van der Waals surface area contributed by atoms with Crippen LogP contribution in [-0.4, -0.2) is 15.0 Å². The third kappa shape index (κ3) is 7.28. The molecule has 3 heterocycles. The average Bonchev–Trinajstić information content (AvgIpc) is 3.38. The summed E-state index contributed by atoms with van der Waals surface area (Å²) >= 11 is 3.64. The van der Waals surface area contributed by atoms with E-state index in [9.17, 15) is 0 Å². The van der Waals surface area contributed by atoms with Crippen LogP contribution in [0, 0.1) is 0 Å². The zero-order valence-electron chi connectivity index (χ0n) is 34.9. The number of hydrogen-bond acceptors (Lipinski definition) is 8. The smallest absolute Gasteiger partial charge is 0.164 e. The third-order valence-electron chi connectivity index (χ3n) is 11.7. The van der Waals surface area contributed by atoms with Gasteiger partial charge in [0.05, 0.1) is 22.7 Å². The summed E-state index contributed by atoms with van der Waals surface area (Å²) in [4.78, 5) is 26.9. The molecule has 308 valence electrons. The lowest BCUT2D eigenvalue weighted by Crippen LogP contribution is -2.16. The molecule has 10 aromatic rings. The highest BCUT2D eigenvalue weighted by Gasteiger charge is 2.27. The zero-order valence-corrected chi connectivity index (χ0v) is 36.6. The number of hydrogen-bond donors (Lipinski definition) is 0. The Morgan fingerprint density at radius 1 is 0.277 bits per heavy atom. The van der Waals surface area contributed by atoms with Crippen molar-refractivity contribution in [2.75, 3.05) is 14.7 Å². The Morgan fingerprint density at radius 3 is 0.892 bits per heavy atom. The summed E-state index contributed by atoms with van der Waals surface area (Å²) in [5.41, 5.74) is 12.7. The molecule has 1 aromatic heterocycles. The van der Waals surface area contributed by atoms with Crippen molar-refractivity contribution >= 4 is 74.7 Å². The van der Waals surface area contributed by atoms with Gasteiger partial charge < -0.3 is 14.7 Å². The maximum atomic E-state index is 5.01. The molecular formula is C57H38N6S2. The Kier molecular flexibility index (Phi) is 9.93. The molecule has 0 aliphatic carbocycles. The number of benzene rings is 9. The van der Waals surface area contributed by atoms with E-state index in [0.29, 0.717) is 17.5 Å². The van der Waals surface area contributed by atoms with Crippen molar-refractivity contribution in [3.8, 4) is 34.2 Å². The minimum atomic E-state index is 0.616. The Bertz CT molecular complexity index is 3040. The van der Waals surface area contributed by atoms with Gasteiger partial charge in [-0.15, -0.1) is 0 Å². The van der Waals surface area contributed by atoms with Crippen molar-refractivity contribution in [2.45, 2.75) is 19.6 Å². The van der Waals surface area contributed by atoms with Crippen LogP contribution < -0.4 is 14.7 Å². The number of anilines is 9. The average molecular weight is 871 g/mol. The summed E-state index contributed by atoms with van der Waals surface area (Å²) in [5.74, 6) is 1.89. The zero-order chi connectivity index (χ0) is 43.1. The van der Waals surface area contributed by atoms with E-state index >= 15 is 0 Å². The predicted molar refractivity (Wildman–Crippen MR) is 268 cm³/mol. The van der Waals surface area contributed by atoms with Crippen molar-refractivity contribution < 1.29 is 0 Å². The van der Waals surface area contributed by atoms with Gasteiger partial charge in [-0.05, 0) is 121 Å². The first-order chi connectivity index (χ1) is 32.2. The van der Waals surface area contributed by atoms with Gasteiger partial charge in [-0.25, -0.2) is 15.0 Å². The molecular weight excluding hydrogens is 833 g/mol. The monoisotopic (exact) mass is 870 g/mol. The van der Waals surface area contributed by atoms with Crippen LogP contribution in [0.5, 0.6) is 0 Å². The Hall–Kier alpha value is -7.91. The van der Waals surface area contributed by atoms with Crippen LogP contribution in [-0.2, 0) is 0 Å². The van der Waals surface area contributed by atoms with Gasteiger partial charge in [-0.1, -0.05) is 133 Å². The number of fused-ring (bicyclic) bond motifs is 4. The molecule has 9 aromatic carbocycles. The highest BCUT2D eigenvalue weighted by atomic mass is 32.2. The van der Waals surface area contributed by atoms with Gasteiger partial charge in [0, 0.05) is 64.7 Å². The van der Waals surface area contributed by atoms with Crippen molar-refractivity contribution in [3.63, 3.8) is 0 Å². The quantitative estimate of drug-likeness (QED) is 0.150. The van der Waals surface area contributed by atoms with Crippen LogP contribution >= 0.6 is 23.5 Å². The van der Waals surface area contributed by atoms with Crippen LogP contribution in [0.1, 0.15) is 0 Å². The molecule has 0 fully saturated rings. The topological polar surface area (TPSA) is 48.4 Å². The molecule has 0 atom stereocenters. The Balaban J connectivity index is 0.952. The second kappa shape index (κ2) is 16.7. The number of nitrogens with zero attached hydrogens (tertiary/aromatic N) is 6. The van der Waals surface area contributed by atoms with Gasteiger partial charge >= 0.3 is 0 Å². The molecule has 0 unspecified atom stereocenters. The maximum absolute atomic E-state index is 5.01. The Labute approximate surface area is 386 Å². The summed E-state index contributed by atoms with van der Waals surface area (Å²) in [6.45, 7) is 0. The van der Waals surface area contributed by atoms with Crippen molar-refractivity contribution in [1.29, 1.82) is 0 Å². The lowest BCUT2D eigenvalue weighted by molar-refractivity contribution is 1.07. The standard InChI is InChI=1S/C57H38N6S2/c1-3-15-39(16-4-1)55-58-56(40-17-5-2-6-18-40)60-57(59-55)41-27-29-42(30-28-41)61(43-31-35-45(36-32-43)62-47-19-7-11-23-51(47)64-52-24-12-8-20-48(52)62)44-33-37-46(38-34-44)63-49-21-9-13-25-53(49)65-54-26-14-10-22-50(54)63/h1-38H. The third-order valence-corrected chi connectivity index (χ3v) is 13.9. The van der Waals surface area contributed by atoms with E-state index in [-0.39, 0.29) is 0 Å². The molecule has 2 aliphatic heterocycles. The largest absolute Gasteiger partial charge is 0.311 e. The molecule has 0 amide bonds. The normalized spacial score (nSPS) is 12.4. The SMILES string of the molecule is c1ccc(-c2nc(-c3ccccc3)nc(-c3ccc(N(c4ccc(N5c6ccccc6Sc6ccccc65)cc4)c4ccc(N5c6ccccc6Sc6ccccc65)cc4)cc3)n2)cc1. The molecule has 2 aliphatic rings. The molecule has 0 radical (unpaired) electrons. The summed E-state index contributed by atoms with van der Waals surface area (Å²) in [7, 11) is 0. The molecule has 6 nitrogen and oxygen atoms in total. The molecule has 8 heteroatoms. The summed E-state index contributed by atoms with van der Waals surface area (Å²) in [6, 6.07) is 81.1. The van der Waals surface area contributed by atoms with E-state index in [1.807, 2.05) is 84.2 Å². The second-order valence-electron chi connectivity index (χ2n) is 15.7. The van der Waals surface area contributed by atoms with E-state index in [0.717, 1.165) is 45.1 Å². The van der Waals surface area contributed by atoms with E-state index in [4.69, 9.17) is 15.0 Å². The van der Waals surface area contributed by atoms with Crippen molar-refractivity contribution in [1.82, 2.24) is 15.0 Å². The van der Waals surface area contributed by atoms with Crippen LogP contribution in [0.25, 0.3) is 34.2 Å². The molecule has 65 heavy (non-hydrogen) atoms. The first-order valence-electron chi connectivity index (χ1n) is 21.5. The molecule has 0 spiro atoms. The first kappa shape index (κ1) is 38.7.